The van der Waals surface area contributed by atoms with Gasteiger partial charge in [0.05, 0.1) is 6.20 Å². The molecule has 1 aliphatic carbocycles. The van der Waals surface area contributed by atoms with Crippen LogP contribution >= 0.6 is 11.6 Å². The van der Waals surface area contributed by atoms with Crippen molar-refractivity contribution in [3.63, 3.8) is 0 Å². The van der Waals surface area contributed by atoms with Gasteiger partial charge in [0.2, 0.25) is 5.91 Å². The van der Waals surface area contributed by atoms with Crippen LogP contribution < -0.4 is 4.90 Å². The number of hydrogen-bond donors (Lipinski definition) is 0. The van der Waals surface area contributed by atoms with Crippen LogP contribution in [0.5, 0.6) is 0 Å². The largest absolute Gasteiger partial charge is 0.355 e. The van der Waals surface area contributed by atoms with Crippen LogP contribution in [0.1, 0.15) is 25.7 Å². The van der Waals surface area contributed by atoms with Gasteiger partial charge in [-0.2, -0.15) is 0 Å². The Labute approximate surface area is 123 Å². The van der Waals surface area contributed by atoms with Crippen molar-refractivity contribution in [1.82, 2.24) is 14.9 Å². The van der Waals surface area contributed by atoms with Crippen molar-refractivity contribution in [2.75, 3.05) is 25.0 Å². The summed E-state index contributed by atoms with van der Waals surface area (Å²) in [4.78, 5) is 24.4. The molecule has 1 aromatic rings. The van der Waals surface area contributed by atoms with E-state index in [0.717, 1.165) is 44.6 Å². The van der Waals surface area contributed by atoms with E-state index in [1.807, 2.05) is 11.9 Å². The molecule has 1 saturated heterocycles. The van der Waals surface area contributed by atoms with E-state index in [0.29, 0.717) is 22.9 Å². The fraction of sp³-hybridized carbons (Fsp3) is 0.643. The second kappa shape index (κ2) is 5.56. The zero-order chi connectivity index (χ0) is 14.1. The minimum atomic E-state index is 0.300. The van der Waals surface area contributed by atoms with Gasteiger partial charge in [0, 0.05) is 32.1 Å². The maximum atomic E-state index is 12.1. The molecule has 0 radical (unpaired) electrons. The molecule has 6 heteroatoms. The third-order valence-corrected chi connectivity index (χ3v) is 4.50. The van der Waals surface area contributed by atoms with Gasteiger partial charge in [-0.3, -0.25) is 4.79 Å². The van der Waals surface area contributed by atoms with Crippen LogP contribution in [0.25, 0.3) is 0 Å². The highest BCUT2D eigenvalue weighted by Gasteiger charge is 2.35. The van der Waals surface area contributed by atoms with Crippen LogP contribution in [-0.4, -0.2) is 47.0 Å². The Morgan fingerprint density at radius 3 is 2.65 bits per heavy atom. The molecule has 5 nitrogen and oxygen atoms in total. The number of halogens is 1. The molecule has 1 aromatic heterocycles. The molecule has 1 aliphatic heterocycles. The average Bonchev–Trinajstić information content (AvgIpc) is 3.31. The Morgan fingerprint density at radius 2 is 2.05 bits per heavy atom. The minimum Gasteiger partial charge on any atom is -0.355 e. The molecule has 108 valence electrons. The molecule has 0 atom stereocenters. The summed E-state index contributed by atoms with van der Waals surface area (Å²) in [5.41, 5.74) is 0. The van der Waals surface area contributed by atoms with Gasteiger partial charge >= 0.3 is 0 Å². The van der Waals surface area contributed by atoms with Crippen molar-refractivity contribution in [3.05, 3.63) is 17.5 Å². The zero-order valence-electron chi connectivity index (χ0n) is 11.6. The summed E-state index contributed by atoms with van der Waals surface area (Å²) >= 11 is 6.13. The van der Waals surface area contributed by atoms with Crippen molar-refractivity contribution in [2.45, 2.75) is 31.7 Å². The summed E-state index contributed by atoms with van der Waals surface area (Å²) in [5, 5.41) is 0.591. The minimum absolute atomic E-state index is 0.300. The Kier molecular flexibility index (Phi) is 3.78. The van der Waals surface area contributed by atoms with Crippen molar-refractivity contribution >= 4 is 23.3 Å². The summed E-state index contributed by atoms with van der Waals surface area (Å²) in [5.74, 6) is 1.43. The summed E-state index contributed by atoms with van der Waals surface area (Å²) in [7, 11) is 1.94. The molecule has 3 rings (SSSR count). The van der Waals surface area contributed by atoms with Crippen LogP contribution in [0.2, 0.25) is 5.02 Å². The molecular formula is C14H19ClN4O. The van der Waals surface area contributed by atoms with Crippen molar-refractivity contribution in [2.24, 2.45) is 5.92 Å². The predicted octanol–water partition coefficient (Wildman–Crippen LogP) is 1.97. The lowest BCUT2D eigenvalue weighted by atomic mass is 10.0. The van der Waals surface area contributed by atoms with Crippen LogP contribution in [0, 0.1) is 5.92 Å². The number of carbonyl (C=O) groups excluding carboxylic acids is 1. The van der Waals surface area contributed by atoms with Gasteiger partial charge in [0.25, 0.3) is 0 Å². The number of piperidine rings is 1. The van der Waals surface area contributed by atoms with Gasteiger partial charge in [-0.05, 0) is 25.7 Å². The van der Waals surface area contributed by atoms with Crippen LogP contribution in [-0.2, 0) is 4.79 Å². The standard InChI is InChI=1S/C14H19ClN4O/c1-18(14(20)10-2-3-10)11-4-6-19(7-5-11)13-12(15)8-16-9-17-13/h8-11H,2-7H2,1H3. The first-order chi connectivity index (χ1) is 9.66. The molecule has 2 aliphatic rings. The van der Waals surface area contributed by atoms with Gasteiger partial charge in [0.1, 0.15) is 11.3 Å². The number of rotatable bonds is 3. The SMILES string of the molecule is CN(C(=O)C1CC1)C1CCN(c2ncncc2Cl)CC1. The third kappa shape index (κ3) is 2.73. The Morgan fingerprint density at radius 1 is 1.35 bits per heavy atom. The van der Waals surface area contributed by atoms with E-state index in [2.05, 4.69) is 14.9 Å². The fourth-order valence-electron chi connectivity index (χ4n) is 2.80. The van der Waals surface area contributed by atoms with Crippen LogP contribution in [0.3, 0.4) is 0 Å². The molecule has 2 heterocycles. The second-order valence-corrected chi connectivity index (χ2v) is 6.04. The topological polar surface area (TPSA) is 49.3 Å². The molecule has 0 unspecified atom stereocenters. The first-order valence-corrected chi connectivity index (χ1v) is 7.51. The molecule has 0 spiro atoms. The molecule has 2 fully saturated rings. The number of aromatic nitrogens is 2. The fourth-order valence-corrected chi connectivity index (χ4v) is 3.03. The van der Waals surface area contributed by atoms with E-state index in [4.69, 9.17) is 11.6 Å². The van der Waals surface area contributed by atoms with E-state index in [-0.39, 0.29) is 0 Å². The van der Waals surface area contributed by atoms with Crippen molar-refractivity contribution in [1.29, 1.82) is 0 Å². The summed E-state index contributed by atoms with van der Waals surface area (Å²) < 4.78 is 0. The molecule has 0 N–H and O–H groups in total. The van der Waals surface area contributed by atoms with E-state index >= 15 is 0 Å². The molecular weight excluding hydrogens is 276 g/mol. The molecule has 0 bridgehead atoms. The van der Waals surface area contributed by atoms with Gasteiger partial charge in [-0.25, -0.2) is 9.97 Å². The zero-order valence-corrected chi connectivity index (χ0v) is 12.4. The first-order valence-electron chi connectivity index (χ1n) is 7.14. The summed E-state index contributed by atoms with van der Waals surface area (Å²) in [6, 6.07) is 0.347. The maximum Gasteiger partial charge on any atom is 0.225 e. The van der Waals surface area contributed by atoms with Crippen LogP contribution in [0.4, 0.5) is 5.82 Å². The monoisotopic (exact) mass is 294 g/mol. The van der Waals surface area contributed by atoms with Crippen molar-refractivity contribution < 1.29 is 4.79 Å². The lowest BCUT2D eigenvalue weighted by Crippen LogP contribution is -2.46. The summed E-state index contributed by atoms with van der Waals surface area (Å²) in [6.45, 7) is 1.76. The number of anilines is 1. The highest BCUT2D eigenvalue weighted by molar-refractivity contribution is 6.32. The van der Waals surface area contributed by atoms with Gasteiger partial charge in [-0.15, -0.1) is 0 Å². The lowest BCUT2D eigenvalue weighted by molar-refractivity contribution is -0.133. The first kappa shape index (κ1) is 13.6. The predicted molar refractivity (Wildman–Crippen MR) is 77.8 cm³/mol. The lowest BCUT2D eigenvalue weighted by Gasteiger charge is -2.37. The third-order valence-electron chi connectivity index (χ3n) is 4.23. The summed E-state index contributed by atoms with van der Waals surface area (Å²) in [6.07, 6.45) is 7.22. The molecule has 0 aromatic carbocycles. The molecule has 1 saturated carbocycles. The van der Waals surface area contributed by atoms with E-state index in [1.54, 1.807) is 6.20 Å². The Bertz CT molecular complexity index is 498. The number of carbonyl (C=O) groups is 1. The molecule has 20 heavy (non-hydrogen) atoms. The smallest absolute Gasteiger partial charge is 0.225 e. The Balaban J connectivity index is 1.59. The number of nitrogens with zero attached hydrogens (tertiary/aromatic N) is 4. The Hall–Kier alpha value is -1.36. The van der Waals surface area contributed by atoms with Crippen LogP contribution in [0.15, 0.2) is 12.5 Å². The van der Waals surface area contributed by atoms with Crippen molar-refractivity contribution in [3.8, 4) is 0 Å². The van der Waals surface area contributed by atoms with Gasteiger partial charge in [-0.1, -0.05) is 11.6 Å². The number of hydrogen-bond acceptors (Lipinski definition) is 4. The highest BCUT2D eigenvalue weighted by Crippen LogP contribution is 2.32. The normalized spacial score (nSPS) is 20.0. The maximum absolute atomic E-state index is 12.1. The average molecular weight is 295 g/mol. The van der Waals surface area contributed by atoms with Gasteiger partial charge in [0.15, 0.2) is 5.82 Å². The highest BCUT2D eigenvalue weighted by atomic mass is 35.5. The van der Waals surface area contributed by atoms with Gasteiger partial charge < -0.3 is 9.80 Å². The van der Waals surface area contributed by atoms with E-state index < -0.39 is 0 Å². The second-order valence-electron chi connectivity index (χ2n) is 5.64. The van der Waals surface area contributed by atoms with E-state index in [1.165, 1.54) is 6.33 Å². The van der Waals surface area contributed by atoms with E-state index in [9.17, 15) is 4.79 Å². The number of amides is 1. The molecule has 1 amide bonds. The quantitative estimate of drug-likeness (QED) is 0.855.